The zero-order valence-corrected chi connectivity index (χ0v) is 18.7. The van der Waals surface area contributed by atoms with Crippen LogP contribution in [0.4, 0.5) is 0 Å². The van der Waals surface area contributed by atoms with E-state index >= 15 is 0 Å². The summed E-state index contributed by atoms with van der Waals surface area (Å²) in [5.74, 6) is 1.34. The van der Waals surface area contributed by atoms with E-state index in [4.69, 9.17) is 23.9 Å². The van der Waals surface area contributed by atoms with Gasteiger partial charge in [-0.3, -0.25) is 4.79 Å². The fourth-order valence-electron chi connectivity index (χ4n) is 4.03. The molecule has 0 atom stereocenters. The number of esters is 2. The first kappa shape index (κ1) is 22.8. The number of carbonyl (C=O) groups excluding carboxylic acids is 2. The molecule has 1 aliphatic heterocycles. The number of nitrogens with zero attached hydrogens (tertiary/aromatic N) is 1. The molecule has 168 valence electrons. The predicted octanol–water partition coefficient (Wildman–Crippen LogP) is 4.03. The Labute approximate surface area is 183 Å². The summed E-state index contributed by atoms with van der Waals surface area (Å²) in [5.41, 5.74) is 1.68. The highest BCUT2D eigenvalue weighted by Gasteiger charge is 2.34. The second-order valence-corrected chi connectivity index (χ2v) is 8.03. The summed E-state index contributed by atoms with van der Waals surface area (Å²) >= 11 is 0. The van der Waals surface area contributed by atoms with E-state index in [0.29, 0.717) is 28.6 Å². The Balaban J connectivity index is 1.96. The average molecular weight is 430 g/mol. The van der Waals surface area contributed by atoms with E-state index in [9.17, 15) is 9.59 Å². The molecule has 1 fully saturated rings. The first-order valence-electron chi connectivity index (χ1n) is 10.8. The molecule has 7 nitrogen and oxygen atoms in total. The molecule has 2 aliphatic rings. The quantitative estimate of drug-likeness (QED) is 0.580. The Kier molecular flexibility index (Phi) is 7.71. The number of hydrogen-bond acceptors (Lipinski definition) is 7. The van der Waals surface area contributed by atoms with Crippen LogP contribution in [0, 0.1) is 5.92 Å². The van der Waals surface area contributed by atoms with Crippen molar-refractivity contribution in [1.82, 2.24) is 0 Å². The standard InChI is InChI=1S/C24H31NO6/c1-5-30-22(26)14-19-20(13-16-12-18(28-3)10-11-21(16)29-4)24(27)31-23(19)25-17-8-6-15(2)7-9-17/h10-12,15,17H,5-9,13-14H2,1-4H3. The summed E-state index contributed by atoms with van der Waals surface area (Å²) in [7, 11) is 3.15. The Morgan fingerprint density at radius 1 is 1.13 bits per heavy atom. The van der Waals surface area contributed by atoms with Gasteiger partial charge >= 0.3 is 11.9 Å². The third-order valence-corrected chi connectivity index (χ3v) is 5.82. The summed E-state index contributed by atoms with van der Waals surface area (Å²) in [5, 5.41) is 0. The molecular weight excluding hydrogens is 398 g/mol. The van der Waals surface area contributed by atoms with Gasteiger partial charge in [-0.15, -0.1) is 0 Å². The van der Waals surface area contributed by atoms with Crippen LogP contribution < -0.4 is 9.47 Å². The molecule has 1 heterocycles. The number of cyclic esters (lactones) is 1. The second-order valence-electron chi connectivity index (χ2n) is 8.03. The van der Waals surface area contributed by atoms with Crippen molar-refractivity contribution in [2.75, 3.05) is 20.8 Å². The lowest BCUT2D eigenvalue weighted by atomic mass is 9.87. The summed E-state index contributed by atoms with van der Waals surface area (Å²) in [6.45, 7) is 4.26. The number of rotatable bonds is 8. The molecule has 0 unspecified atom stereocenters. The van der Waals surface area contributed by atoms with Crippen molar-refractivity contribution in [3.05, 3.63) is 34.9 Å². The molecule has 7 heteroatoms. The van der Waals surface area contributed by atoms with Gasteiger partial charge in [-0.05, 0) is 56.7 Å². The number of aliphatic imine (C=N–C) groups is 1. The first-order valence-corrected chi connectivity index (χ1v) is 10.8. The summed E-state index contributed by atoms with van der Waals surface area (Å²) in [4.78, 5) is 29.8. The molecule has 1 aromatic rings. The zero-order chi connectivity index (χ0) is 22.4. The van der Waals surface area contributed by atoms with E-state index in [-0.39, 0.29) is 31.4 Å². The maximum atomic E-state index is 12.8. The first-order chi connectivity index (χ1) is 14.9. The normalized spacial score (nSPS) is 22.5. The zero-order valence-electron chi connectivity index (χ0n) is 18.7. The van der Waals surface area contributed by atoms with Gasteiger partial charge in [0, 0.05) is 17.6 Å². The van der Waals surface area contributed by atoms with Crippen molar-refractivity contribution in [2.24, 2.45) is 10.9 Å². The highest BCUT2D eigenvalue weighted by molar-refractivity contribution is 6.16. The van der Waals surface area contributed by atoms with Crippen LogP contribution in [-0.2, 0) is 25.5 Å². The Morgan fingerprint density at radius 3 is 2.52 bits per heavy atom. The molecule has 1 saturated carbocycles. The topological polar surface area (TPSA) is 83.4 Å². The maximum absolute atomic E-state index is 12.8. The third kappa shape index (κ3) is 5.66. The van der Waals surface area contributed by atoms with Crippen LogP contribution in [0.1, 0.15) is 51.5 Å². The SMILES string of the molecule is CCOC(=O)CC1=C(Cc2cc(OC)ccc2OC)C(=O)OC1=NC1CCC(C)CC1. The van der Waals surface area contributed by atoms with Gasteiger partial charge in [-0.25, -0.2) is 9.79 Å². The lowest BCUT2D eigenvalue weighted by molar-refractivity contribution is -0.142. The number of hydrogen-bond donors (Lipinski definition) is 0. The summed E-state index contributed by atoms with van der Waals surface area (Å²) in [6, 6.07) is 5.50. The molecule has 0 spiro atoms. The Hall–Kier alpha value is -2.83. The lowest BCUT2D eigenvalue weighted by Crippen LogP contribution is -2.19. The van der Waals surface area contributed by atoms with Gasteiger partial charge in [-0.1, -0.05) is 6.92 Å². The Bertz CT molecular complexity index is 880. The molecule has 0 aromatic heterocycles. The van der Waals surface area contributed by atoms with Gasteiger partial charge in [0.25, 0.3) is 0 Å². The molecule has 0 saturated heterocycles. The minimum atomic E-state index is -0.480. The highest BCUT2D eigenvalue weighted by atomic mass is 16.6. The molecule has 31 heavy (non-hydrogen) atoms. The van der Waals surface area contributed by atoms with Gasteiger partial charge < -0.3 is 18.9 Å². The van der Waals surface area contributed by atoms with Crippen LogP contribution >= 0.6 is 0 Å². The van der Waals surface area contributed by atoms with Gasteiger partial charge in [0.1, 0.15) is 11.5 Å². The van der Waals surface area contributed by atoms with Gasteiger partial charge in [0.05, 0.1) is 38.9 Å². The van der Waals surface area contributed by atoms with Crippen LogP contribution in [-0.4, -0.2) is 44.7 Å². The highest BCUT2D eigenvalue weighted by Crippen LogP contribution is 2.33. The van der Waals surface area contributed by atoms with E-state index < -0.39 is 11.9 Å². The van der Waals surface area contributed by atoms with Crippen molar-refractivity contribution in [1.29, 1.82) is 0 Å². The van der Waals surface area contributed by atoms with E-state index in [1.54, 1.807) is 33.3 Å². The molecule has 3 rings (SSSR count). The molecule has 0 N–H and O–H groups in total. The van der Waals surface area contributed by atoms with E-state index in [2.05, 4.69) is 6.92 Å². The smallest absolute Gasteiger partial charge is 0.341 e. The van der Waals surface area contributed by atoms with Crippen LogP contribution in [0.3, 0.4) is 0 Å². The van der Waals surface area contributed by atoms with Crippen molar-refractivity contribution >= 4 is 17.8 Å². The van der Waals surface area contributed by atoms with E-state index in [1.165, 1.54) is 0 Å². The van der Waals surface area contributed by atoms with Crippen LogP contribution in [0.15, 0.2) is 34.3 Å². The average Bonchev–Trinajstić information content (AvgIpc) is 3.04. The van der Waals surface area contributed by atoms with Crippen LogP contribution in [0.25, 0.3) is 0 Å². The largest absolute Gasteiger partial charge is 0.497 e. The Morgan fingerprint density at radius 2 is 1.87 bits per heavy atom. The number of ether oxygens (including phenoxy) is 4. The van der Waals surface area contributed by atoms with Crippen molar-refractivity contribution in [2.45, 2.75) is 58.4 Å². The van der Waals surface area contributed by atoms with Gasteiger partial charge in [0.2, 0.25) is 5.90 Å². The van der Waals surface area contributed by atoms with E-state index in [0.717, 1.165) is 31.2 Å². The molecule has 0 radical (unpaired) electrons. The summed E-state index contributed by atoms with van der Waals surface area (Å²) < 4.78 is 21.5. The molecule has 0 bridgehead atoms. The molecular formula is C24H31NO6. The molecule has 1 aliphatic carbocycles. The summed E-state index contributed by atoms with van der Waals surface area (Å²) in [6.07, 6.45) is 4.29. The van der Waals surface area contributed by atoms with Crippen LogP contribution in [0.2, 0.25) is 0 Å². The monoisotopic (exact) mass is 429 g/mol. The van der Waals surface area contributed by atoms with Crippen molar-refractivity contribution < 1.29 is 28.5 Å². The van der Waals surface area contributed by atoms with Crippen molar-refractivity contribution in [3.63, 3.8) is 0 Å². The fourth-order valence-corrected chi connectivity index (χ4v) is 4.03. The minimum absolute atomic E-state index is 0.0524. The van der Waals surface area contributed by atoms with Gasteiger partial charge in [-0.2, -0.15) is 0 Å². The van der Waals surface area contributed by atoms with Crippen molar-refractivity contribution in [3.8, 4) is 11.5 Å². The number of methoxy groups -OCH3 is 2. The van der Waals surface area contributed by atoms with Crippen LogP contribution in [0.5, 0.6) is 11.5 Å². The van der Waals surface area contributed by atoms with Gasteiger partial charge in [0.15, 0.2) is 0 Å². The second kappa shape index (κ2) is 10.5. The third-order valence-electron chi connectivity index (χ3n) is 5.82. The minimum Gasteiger partial charge on any atom is -0.497 e. The number of benzene rings is 1. The lowest BCUT2D eigenvalue weighted by Gasteiger charge is -2.23. The number of carbonyl (C=O) groups is 2. The molecule has 1 aromatic carbocycles. The maximum Gasteiger partial charge on any atom is 0.341 e. The predicted molar refractivity (Wildman–Crippen MR) is 116 cm³/mol. The van der Waals surface area contributed by atoms with E-state index in [1.807, 2.05) is 6.07 Å². The fraction of sp³-hybridized carbons (Fsp3) is 0.542. The molecule has 0 amide bonds.